The van der Waals surface area contributed by atoms with Crippen LogP contribution < -0.4 is 0 Å². The van der Waals surface area contributed by atoms with Crippen molar-refractivity contribution >= 4 is 21.8 Å². The van der Waals surface area contributed by atoms with Gasteiger partial charge in [0.05, 0.1) is 18.8 Å². The molecule has 1 aromatic rings. The van der Waals surface area contributed by atoms with Crippen molar-refractivity contribution in [1.29, 1.82) is 0 Å². The molecular weight excluding hydrogens is 298 g/mol. The van der Waals surface area contributed by atoms with E-state index in [0.717, 1.165) is 12.8 Å². The molecule has 1 saturated heterocycles. The highest BCUT2D eigenvalue weighted by Gasteiger charge is 2.37. The molecule has 0 aromatic carbocycles. The standard InChI is InChI=1S/C13H16BrNO3/c14-12-6-5-11(18-12)13(16)15-7-8-17-10-4-2-1-3-9(10)15/h5-6,9-10H,1-4,7-8H2/t9-,10-/m0/s1. The fourth-order valence-corrected chi connectivity index (χ4v) is 3.23. The molecule has 0 radical (unpaired) electrons. The third-order valence-corrected chi connectivity index (χ3v) is 4.20. The van der Waals surface area contributed by atoms with Gasteiger partial charge in [0.15, 0.2) is 10.4 Å². The molecule has 1 aliphatic heterocycles. The van der Waals surface area contributed by atoms with Gasteiger partial charge in [-0.25, -0.2) is 0 Å². The Balaban J connectivity index is 1.79. The number of halogens is 1. The second-order valence-corrected chi connectivity index (χ2v) is 5.64. The van der Waals surface area contributed by atoms with Crippen LogP contribution in [0.2, 0.25) is 0 Å². The van der Waals surface area contributed by atoms with Crippen LogP contribution in [0, 0.1) is 0 Å². The smallest absolute Gasteiger partial charge is 0.290 e. The number of morpholine rings is 1. The van der Waals surface area contributed by atoms with Gasteiger partial charge in [-0.1, -0.05) is 12.8 Å². The monoisotopic (exact) mass is 313 g/mol. The van der Waals surface area contributed by atoms with Gasteiger partial charge in [0.2, 0.25) is 0 Å². The largest absolute Gasteiger partial charge is 0.444 e. The Morgan fingerprint density at radius 1 is 1.33 bits per heavy atom. The van der Waals surface area contributed by atoms with Gasteiger partial charge in [-0.3, -0.25) is 4.79 Å². The number of rotatable bonds is 1. The summed E-state index contributed by atoms with van der Waals surface area (Å²) in [5.74, 6) is 0.397. The number of nitrogens with zero attached hydrogens (tertiary/aromatic N) is 1. The minimum Gasteiger partial charge on any atom is -0.444 e. The average molecular weight is 314 g/mol. The first-order chi connectivity index (χ1) is 8.75. The van der Waals surface area contributed by atoms with Crippen molar-refractivity contribution < 1.29 is 13.9 Å². The van der Waals surface area contributed by atoms with Crippen molar-refractivity contribution in [2.45, 2.75) is 37.8 Å². The summed E-state index contributed by atoms with van der Waals surface area (Å²) in [4.78, 5) is 14.4. The zero-order chi connectivity index (χ0) is 12.5. The maximum Gasteiger partial charge on any atom is 0.290 e. The Labute approximate surface area is 114 Å². The highest BCUT2D eigenvalue weighted by atomic mass is 79.9. The minimum atomic E-state index is -0.0131. The van der Waals surface area contributed by atoms with Crippen LogP contribution in [0.3, 0.4) is 0 Å². The van der Waals surface area contributed by atoms with Crippen molar-refractivity contribution in [1.82, 2.24) is 4.90 Å². The lowest BCUT2D eigenvalue weighted by Gasteiger charge is -2.43. The van der Waals surface area contributed by atoms with E-state index in [1.165, 1.54) is 12.8 Å². The number of amides is 1. The van der Waals surface area contributed by atoms with Gasteiger partial charge in [0.25, 0.3) is 5.91 Å². The molecule has 5 heteroatoms. The van der Waals surface area contributed by atoms with Crippen LogP contribution >= 0.6 is 15.9 Å². The van der Waals surface area contributed by atoms with Crippen molar-refractivity contribution in [3.8, 4) is 0 Å². The molecule has 2 heterocycles. The van der Waals surface area contributed by atoms with Crippen molar-refractivity contribution in [2.24, 2.45) is 0 Å². The summed E-state index contributed by atoms with van der Waals surface area (Å²) in [5, 5.41) is 0. The van der Waals surface area contributed by atoms with Crippen LogP contribution in [0.1, 0.15) is 36.2 Å². The lowest BCUT2D eigenvalue weighted by atomic mass is 9.90. The molecule has 98 valence electrons. The first-order valence-electron chi connectivity index (χ1n) is 6.43. The Kier molecular flexibility index (Phi) is 3.43. The van der Waals surface area contributed by atoms with Gasteiger partial charge < -0.3 is 14.1 Å². The number of hydrogen-bond acceptors (Lipinski definition) is 3. The fourth-order valence-electron chi connectivity index (χ4n) is 2.92. The minimum absolute atomic E-state index is 0.0131. The molecule has 3 rings (SSSR count). The van der Waals surface area contributed by atoms with Crippen LogP contribution in [-0.4, -0.2) is 36.1 Å². The van der Waals surface area contributed by atoms with Crippen LogP contribution in [0.25, 0.3) is 0 Å². The molecule has 4 nitrogen and oxygen atoms in total. The van der Waals surface area contributed by atoms with Gasteiger partial charge in [0.1, 0.15) is 0 Å². The maximum atomic E-state index is 12.4. The predicted octanol–water partition coefficient (Wildman–Crippen LogP) is 2.83. The Hall–Kier alpha value is -0.810. The van der Waals surface area contributed by atoms with Gasteiger partial charge >= 0.3 is 0 Å². The third-order valence-electron chi connectivity index (χ3n) is 3.78. The Morgan fingerprint density at radius 3 is 2.94 bits per heavy atom. The number of hydrogen-bond donors (Lipinski definition) is 0. The van der Waals surface area contributed by atoms with Gasteiger partial charge in [-0.2, -0.15) is 0 Å². The normalized spacial score (nSPS) is 27.9. The van der Waals surface area contributed by atoms with E-state index in [9.17, 15) is 4.79 Å². The Morgan fingerprint density at radius 2 is 2.17 bits per heavy atom. The summed E-state index contributed by atoms with van der Waals surface area (Å²) in [7, 11) is 0. The van der Waals surface area contributed by atoms with Gasteiger partial charge in [0, 0.05) is 6.54 Å². The molecule has 0 spiro atoms. The van der Waals surface area contributed by atoms with Crippen molar-refractivity contribution in [2.75, 3.05) is 13.2 Å². The predicted molar refractivity (Wildman–Crippen MR) is 69.4 cm³/mol. The quantitative estimate of drug-likeness (QED) is 0.800. The van der Waals surface area contributed by atoms with Gasteiger partial charge in [-0.05, 0) is 40.9 Å². The third kappa shape index (κ3) is 2.21. The number of carbonyl (C=O) groups is 1. The summed E-state index contributed by atoms with van der Waals surface area (Å²) in [6.45, 7) is 1.30. The summed E-state index contributed by atoms with van der Waals surface area (Å²) in [5.41, 5.74) is 0. The molecule has 1 saturated carbocycles. The fraction of sp³-hybridized carbons (Fsp3) is 0.615. The molecule has 2 fully saturated rings. The Bertz CT molecular complexity index is 443. The number of fused-ring (bicyclic) bond motifs is 1. The molecule has 2 atom stereocenters. The van der Waals surface area contributed by atoms with Crippen LogP contribution in [0.5, 0.6) is 0 Å². The zero-order valence-corrected chi connectivity index (χ0v) is 11.7. The maximum absolute atomic E-state index is 12.4. The molecule has 0 bridgehead atoms. The second kappa shape index (κ2) is 5.05. The molecule has 0 unspecified atom stereocenters. The van der Waals surface area contributed by atoms with E-state index in [0.29, 0.717) is 23.6 Å². The summed E-state index contributed by atoms with van der Waals surface area (Å²) in [6.07, 6.45) is 4.70. The summed E-state index contributed by atoms with van der Waals surface area (Å²) < 4.78 is 11.7. The van der Waals surface area contributed by atoms with Crippen molar-refractivity contribution in [3.05, 3.63) is 22.6 Å². The molecule has 18 heavy (non-hydrogen) atoms. The summed E-state index contributed by atoms with van der Waals surface area (Å²) >= 11 is 3.23. The molecule has 1 aliphatic carbocycles. The topological polar surface area (TPSA) is 42.7 Å². The molecular formula is C13H16BrNO3. The van der Waals surface area contributed by atoms with E-state index in [4.69, 9.17) is 9.15 Å². The van der Waals surface area contributed by atoms with Crippen LogP contribution in [0.4, 0.5) is 0 Å². The van der Waals surface area contributed by atoms with E-state index in [1.807, 2.05) is 4.90 Å². The summed E-state index contributed by atoms with van der Waals surface area (Å²) in [6, 6.07) is 3.70. The van der Waals surface area contributed by atoms with Gasteiger partial charge in [-0.15, -0.1) is 0 Å². The van der Waals surface area contributed by atoms with E-state index in [1.54, 1.807) is 12.1 Å². The number of carbonyl (C=O) groups excluding carboxylic acids is 1. The number of ether oxygens (including phenoxy) is 1. The lowest BCUT2D eigenvalue weighted by Crippen LogP contribution is -2.54. The highest BCUT2D eigenvalue weighted by Crippen LogP contribution is 2.29. The lowest BCUT2D eigenvalue weighted by molar-refractivity contribution is -0.0759. The SMILES string of the molecule is O=C(c1ccc(Br)o1)N1CCO[C@H]2CCCC[C@@H]21. The van der Waals surface area contributed by atoms with E-state index in [-0.39, 0.29) is 18.1 Å². The van der Waals surface area contributed by atoms with Crippen molar-refractivity contribution in [3.63, 3.8) is 0 Å². The highest BCUT2D eigenvalue weighted by molar-refractivity contribution is 9.10. The average Bonchev–Trinajstić information content (AvgIpc) is 2.84. The van der Waals surface area contributed by atoms with E-state index < -0.39 is 0 Å². The van der Waals surface area contributed by atoms with E-state index >= 15 is 0 Å². The second-order valence-electron chi connectivity index (χ2n) is 4.86. The molecule has 1 aromatic heterocycles. The first-order valence-corrected chi connectivity index (χ1v) is 7.23. The molecule has 0 N–H and O–H groups in total. The number of furan rings is 1. The molecule has 1 amide bonds. The zero-order valence-electron chi connectivity index (χ0n) is 10.1. The first kappa shape index (κ1) is 12.2. The van der Waals surface area contributed by atoms with Crippen LogP contribution in [-0.2, 0) is 4.74 Å². The van der Waals surface area contributed by atoms with E-state index in [2.05, 4.69) is 15.9 Å². The molecule has 2 aliphatic rings. The van der Waals surface area contributed by atoms with Crippen LogP contribution in [0.15, 0.2) is 21.2 Å².